The van der Waals surface area contributed by atoms with Gasteiger partial charge in [0, 0.05) is 13.2 Å². The largest absolute Gasteiger partial charge is 0.478 e. The van der Waals surface area contributed by atoms with E-state index in [1.54, 1.807) is 0 Å². The number of hydrogen-bond donors (Lipinski definition) is 2. The molecule has 1 aliphatic rings. The lowest BCUT2D eigenvalue weighted by Gasteiger charge is -2.08. The number of carboxylic acids is 1. The van der Waals surface area contributed by atoms with Crippen LogP contribution in [0, 0.1) is 11.7 Å². The molecule has 0 heterocycles. The Labute approximate surface area is 122 Å². The Morgan fingerprint density at radius 3 is 2.71 bits per heavy atom. The van der Waals surface area contributed by atoms with Gasteiger partial charge in [-0.15, -0.1) is 0 Å². The van der Waals surface area contributed by atoms with Gasteiger partial charge in [0.15, 0.2) is 0 Å². The van der Waals surface area contributed by atoms with Crippen LogP contribution in [-0.2, 0) is 14.8 Å². The van der Waals surface area contributed by atoms with Gasteiger partial charge in [0.25, 0.3) is 0 Å². The maximum Gasteiger partial charge on any atom is 0.335 e. The molecule has 2 N–H and O–H groups in total. The second-order valence-corrected chi connectivity index (χ2v) is 6.60. The number of carbonyl (C=O) groups is 1. The van der Waals surface area contributed by atoms with Gasteiger partial charge in [-0.25, -0.2) is 22.3 Å². The van der Waals surface area contributed by atoms with E-state index in [2.05, 4.69) is 4.72 Å². The Bertz CT molecular complexity index is 627. The van der Waals surface area contributed by atoms with Crippen LogP contribution in [0.15, 0.2) is 23.1 Å². The van der Waals surface area contributed by atoms with Crippen molar-refractivity contribution >= 4 is 16.0 Å². The van der Waals surface area contributed by atoms with E-state index in [0.29, 0.717) is 18.6 Å². The quantitative estimate of drug-likeness (QED) is 0.704. The van der Waals surface area contributed by atoms with Crippen molar-refractivity contribution in [3.8, 4) is 0 Å². The first-order valence-electron chi connectivity index (χ1n) is 6.50. The fraction of sp³-hybridized carbons (Fsp3) is 0.462. The number of aromatic carboxylic acids is 1. The highest BCUT2D eigenvalue weighted by molar-refractivity contribution is 7.89. The van der Waals surface area contributed by atoms with Crippen LogP contribution < -0.4 is 4.72 Å². The molecule has 0 aromatic heterocycles. The van der Waals surface area contributed by atoms with Crippen LogP contribution in [0.25, 0.3) is 0 Å². The third kappa shape index (κ3) is 4.48. The zero-order valence-corrected chi connectivity index (χ0v) is 12.0. The van der Waals surface area contributed by atoms with Crippen molar-refractivity contribution in [2.75, 3.05) is 19.8 Å². The molecule has 1 aromatic carbocycles. The maximum atomic E-state index is 13.7. The van der Waals surface area contributed by atoms with E-state index in [9.17, 15) is 17.6 Å². The Morgan fingerprint density at radius 1 is 1.43 bits per heavy atom. The molecular weight excluding hydrogens is 301 g/mol. The number of nitrogens with one attached hydrogen (secondary N) is 1. The second-order valence-electron chi connectivity index (χ2n) is 4.87. The van der Waals surface area contributed by atoms with Gasteiger partial charge in [0.1, 0.15) is 10.7 Å². The lowest BCUT2D eigenvalue weighted by molar-refractivity contribution is 0.0696. The normalized spacial score (nSPS) is 15.1. The summed E-state index contributed by atoms with van der Waals surface area (Å²) in [5.74, 6) is -1.83. The van der Waals surface area contributed by atoms with Crippen molar-refractivity contribution in [3.63, 3.8) is 0 Å². The zero-order valence-electron chi connectivity index (χ0n) is 11.2. The summed E-state index contributed by atoms with van der Waals surface area (Å²) in [7, 11) is -4.02. The van der Waals surface area contributed by atoms with Crippen LogP contribution in [0.5, 0.6) is 0 Å². The van der Waals surface area contributed by atoms with Crippen LogP contribution >= 0.6 is 0 Å². The minimum absolute atomic E-state index is 0.0369. The summed E-state index contributed by atoms with van der Waals surface area (Å²) in [5.41, 5.74) is -0.306. The minimum atomic E-state index is -4.02. The molecule has 6 nitrogen and oxygen atoms in total. The van der Waals surface area contributed by atoms with E-state index in [4.69, 9.17) is 9.84 Å². The minimum Gasteiger partial charge on any atom is -0.478 e. The van der Waals surface area contributed by atoms with Gasteiger partial charge in [0.05, 0.1) is 12.2 Å². The number of halogens is 1. The number of benzene rings is 1. The Balaban J connectivity index is 1.92. The molecule has 1 aliphatic carbocycles. The number of sulfonamides is 1. The number of carboxylic acid groups (broad SMARTS) is 1. The highest BCUT2D eigenvalue weighted by Gasteiger charge is 2.22. The van der Waals surface area contributed by atoms with Crippen molar-refractivity contribution in [2.45, 2.75) is 17.7 Å². The van der Waals surface area contributed by atoms with E-state index in [1.807, 2.05) is 0 Å². The molecular formula is C13H16FNO5S. The average Bonchev–Trinajstić information content (AvgIpc) is 3.21. The van der Waals surface area contributed by atoms with E-state index in [0.717, 1.165) is 25.0 Å². The molecule has 116 valence electrons. The Hall–Kier alpha value is -1.51. The fourth-order valence-electron chi connectivity index (χ4n) is 1.71. The molecule has 0 spiro atoms. The summed E-state index contributed by atoms with van der Waals surface area (Å²) in [6.07, 6.45) is 2.29. The van der Waals surface area contributed by atoms with Gasteiger partial charge >= 0.3 is 5.97 Å². The first kappa shape index (κ1) is 15.9. The monoisotopic (exact) mass is 317 g/mol. The van der Waals surface area contributed by atoms with Crippen LogP contribution in [0.1, 0.15) is 23.2 Å². The first-order chi connectivity index (χ1) is 9.90. The summed E-state index contributed by atoms with van der Waals surface area (Å²) in [6.45, 7) is 0.864. The molecule has 1 aromatic rings. The Kier molecular flexibility index (Phi) is 4.92. The van der Waals surface area contributed by atoms with Gasteiger partial charge in [-0.05, 0) is 37.0 Å². The number of rotatable bonds is 8. The molecule has 8 heteroatoms. The molecule has 0 saturated heterocycles. The third-order valence-electron chi connectivity index (χ3n) is 3.06. The zero-order chi connectivity index (χ0) is 15.5. The predicted octanol–water partition coefficient (Wildman–Crippen LogP) is 1.23. The summed E-state index contributed by atoms with van der Waals surface area (Å²) < 4.78 is 45.0. The highest BCUT2D eigenvalue weighted by Crippen LogP contribution is 2.28. The third-order valence-corrected chi connectivity index (χ3v) is 4.55. The summed E-state index contributed by atoms with van der Waals surface area (Å²) in [6, 6.07) is 2.66. The Morgan fingerprint density at radius 2 is 2.14 bits per heavy atom. The molecule has 0 atom stereocenters. The lowest BCUT2D eigenvalue weighted by Crippen LogP contribution is -2.28. The molecule has 0 unspecified atom stereocenters. The fourth-order valence-corrected chi connectivity index (χ4v) is 2.78. The molecule has 1 fully saturated rings. The standard InChI is InChI=1S/C13H16FNO5S/c14-11-7-10(13(16)17)3-4-12(11)21(18,19)15-5-6-20-8-9-1-2-9/h3-4,7,9,15H,1-2,5-6,8H2,(H,16,17). The van der Waals surface area contributed by atoms with Gasteiger partial charge in [-0.2, -0.15) is 0 Å². The molecule has 2 rings (SSSR count). The summed E-state index contributed by atoms with van der Waals surface area (Å²) >= 11 is 0. The smallest absolute Gasteiger partial charge is 0.335 e. The van der Waals surface area contributed by atoms with Crippen molar-refractivity contribution in [3.05, 3.63) is 29.6 Å². The van der Waals surface area contributed by atoms with Crippen molar-refractivity contribution in [1.29, 1.82) is 0 Å². The summed E-state index contributed by atoms with van der Waals surface area (Å²) in [5, 5.41) is 8.71. The highest BCUT2D eigenvalue weighted by atomic mass is 32.2. The predicted molar refractivity (Wildman–Crippen MR) is 72.1 cm³/mol. The molecule has 0 radical (unpaired) electrons. The molecule has 0 bridgehead atoms. The van der Waals surface area contributed by atoms with E-state index < -0.39 is 26.7 Å². The van der Waals surface area contributed by atoms with E-state index >= 15 is 0 Å². The average molecular weight is 317 g/mol. The maximum absolute atomic E-state index is 13.7. The molecule has 0 amide bonds. The topological polar surface area (TPSA) is 92.7 Å². The molecule has 1 saturated carbocycles. The number of hydrogen-bond acceptors (Lipinski definition) is 4. The van der Waals surface area contributed by atoms with E-state index in [1.165, 1.54) is 0 Å². The summed E-state index contributed by atoms with van der Waals surface area (Å²) in [4.78, 5) is 10.1. The van der Waals surface area contributed by atoms with Gasteiger partial charge in [-0.1, -0.05) is 0 Å². The number of ether oxygens (including phenoxy) is 1. The van der Waals surface area contributed by atoms with Crippen molar-refractivity contribution < 1.29 is 27.4 Å². The van der Waals surface area contributed by atoms with Crippen LogP contribution in [0.3, 0.4) is 0 Å². The molecule has 21 heavy (non-hydrogen) atoms. The van der Waals surface area contributed by atoms with Crippen molar-refractivity contribution in [1.82, 2.24) is 4.72 Å². The van der Waals surface area contributed by atoms with Crippen LogP contribution in [0.2, 0.25) is 0 Å². The SMILES string of the molecule is O=C(O)c1ccc(S(=O)(=O)NCCOCC2CC2)c(F)c1. The first-order valence-corrected chi connectivity index (χ1v) is 7.99. The molecule has 0 aliphatic heterocycles. The second kappa shape index (κ2) is 6.50. The van der Waals surface area contributed by atoms with Gasteiger partial charge < -0.3 is 9.84 Å². The van der Waals surface area contributed by atoms with E-state index in [-0.39, 0.29) is 18.7 Å². The van der Waals surface area contributed by atoms with Crippen LogP contribution in [-0.4, -0.2) is 39.3 Å². The van der Waals surface area contributed by atoms with Gasteiger partial charge in [-0.3, -0.25) is 0 Å². The lowest BCUT2D eigenvalue weighted by atomic mass is 10.2. The van der Waals surface area contributed by atoms with Gasteiger partial charge in [0.2, 0.25) is 10.0 Å². The van der Waals surface area contributed by atoms with Crippen molar-refractivity contribution in [2.24, 2.45) is 5.92 Å². The van der Waals surface area contributed by atoms with Crippen LogP contribution in [0.4, 0.5) is 4.39 Å².